The second kappa shape index (κ2) is 10.0. The van der Waals surface area contributed by atoms with Crippen LogP contribution in [0.2, 0.25) is 0 Å². The summed E-state index contributed by atoms with van der Waals surface area (Å²) >= 11 is 0. The van der Waals surface area contributed by atoms with Gasteiger partial charge in [-0.25, -0.2) is 9.97 Å². The predicted molar refractivity (Wildman–Crippen MR) is 126 cm³/mol. The highest BCUT2D eigenvalue weighted by atomic mass is 16.5. The maximum absolute atomic E-state index is 10.6. The molecule has 33 heavy (non-hydrogen) atoms. The SMILES string of the molecule is CCOCCNc1nc(C)c(-c2nc3ccccc3n2C)c(N[C@@H]2CC(CO)[C@@H](O)[C@H]2O)n1. The molecule has 0 radical (unpaired) electrons. The topological polar surface area (TPSA) is 138 Å². The molecular weight excluding hydrogens is 424 g/mol. The van der Waals surface area contributed by atoms with Gasteiger partial charge in [0.1, 0.15) is 17.7 Å². The Morgan fingerprint density at radius 3 is 2.64 bits per heavy atom. The smallest absolute Gasteiger partial charge is 0.224 e. The number of imidazole rings is 1. The number of aliphatic hydroxyl groups is 3. The number of nitrogens with zero attached hydrogens (tertiary/aromatic N) is 4. The molecule has 4 rings (SSSR count). The number of rotatable bonds is 9. The molecule has 2 aromatic heterocycles. The average molecular weight is 457 g/mol. The number of para-hydroxylation sites is 2. The minimum absolute atomic E-state index is 0.193. The number of hydrogen-bond acceptors (Lipinski definition) is 9. The molecule has 2 heterocycles. The molecule has 1 unspecified atom stereocenters. The Morgan fingerprint density at radius 2 is 1.94 bits per heavy atom. The van der Waals surface area contributed by atoms with E-state index in [-0.39, 0.29) is 6.61 Å². The van der Waals surface area contributed by atoms with Crippen LogP contribution >= 0.6 is 0 Å². The summed E-state index contributed by atoms with van der Waals surface area (Å²) in [5, 5.41) is 36.9. The maximum Gasteiger partial charge on any atom is 0.224 e. The number of anilines is 2. The second-order valence-corrected chi connectivity index (χ2v) is 8.37. The van der Waals surface area contributed by atoms with E-state index in [0.29, 0.717) is 43.8 Å². The van der Waals surface area contributed by atoms with Gasteiger partial charge in [0.15, 0.2) is 0 Å². The van der Waals surface area contributed by atoms with Crippen molar-refractivity contribution in [1.29, 1.82) is 0 Å². The van der Waals surface area contributed by atoms with Crippen LogP contribution in [0, 0.1) is 12.8 Å². The van der Waals surface area contributed by atoms with Crippen molar-refractivity contribution in [1.82, 2.24) is 19.5 Å². The summed E-state index contributed by atoms with van der Waals surface area (Å²) in [6, 6.07) is 7.39. The van der Waals surface area contributed by atoms with Gasteiger partial charge in [-0.05, 0) is 32.4 Å². The molecule has 178 valence electrons. The quantitative estimate of drug-likeness (QED) is 0.302. The van der Waals surface area contributed by atoms with Gasteiger partial charge in [0.2, 0.25) is 5.95 Å². The molecule has 0 aliphatic heterocycles. The monoisotopic (exact) mass is 456 g/mol. The molecule has 1 fully saturated rings. The van der Waals surface area contributed by atoms with Gasteiger partial charge in [0.05, 0.1) is 41.0 Å². The van der Waals surface area contributed by atoms with E-state index < -0.39 is 24.2 Å². The van der Waals surface area contributed by atoms with Crippen molar-refractivity contribution in [3.8, 4) is 11.4 Å². The molecular formula is C23H32N6O4. The van der Waals surface area contributed by atoms with Crippen molar-refractivity contribution in [3.63, 3.8) is 0 Å². The van der Waals surface area contributed by atoms with E-state index in [4.69, 9.17) is 14.7 Å². The van der Waals surface area contributed by atoms with Crippen molar-refractivity contribution < 1.29 is 20.1 Å². The molecule has 3 aromatic rings. The van der Waals surface area contributed by atoms with E-state index in [2.05, 4.69) is 15.6 Å². The first-order valence-corrected chi connectivity index (χ1v) is 11.3. The second-order valence-electron chi connectivity index (χ2n) is 8.37. The lowest BCUT2D eigenvalue weighted by Crippen LogP contribution is -2.36. The summed E-state index contributed by atoms with van der Waals surface area (Å²) in [5.74, 6) is 1.24. The highest BCUT2D eigenvalue weighted by molar-refractivity contribution is 5.84. The number of fused-ring (bicyclic) bond motifs is 1. The van der Waals surface area contributed by atoms with E-state index in [9.17, 15) is 15.3 Å². The van der Waals surface area contributed by atoms with Gasteiger partial charge in [-0.15, -0.1) is 0 Å². The van der Waals surface area contributed by atoms with Crippen LogP contribution in [0.25, 0.3) is 22.4 Å². The van der Waals surface area contributed by atoms with Crippen LogP contribution in [0.15, 0.2) is 24.3 Å². The van der Waals surface area contributed by atoms with Crippen molar-refractivity contribution >= 4 is 22.8 Å². The summed E-state index contributed by atoms with van der Waals surface area (Å²) < 4.78 is 7.38. The van der Waals surface area contributed by atoms with Crippen LogP contribution in [-0.4, -0.2) is 79.5 Å². The largest absolute Gasteiger partial charge is 0.396 e. The van der Waals surface area contributed by atoms with Crippen molar-refractivity contribution in [2.75, 3.05) is 37.0 Å². The highest BCUT2D eigenvalue weighted by Gasteiger charge is 2.41. The fourth-order valence-electron chi connectivity index (χ4n) is 4.40. The number of hydrogen-bond donors (Lipinski definition) is 5. The highest BCUT2D eigenvalue weighted by Crippen LogP contribution is 2.35. The Kier molecular flexibility index (Phi) is 7.08. The van der Waals surface area contributed by atoms with Gasteiger partial charge < -0.3 is 35.3 Å². The van der Waals surface area contributed by atoms with Crippen LogP contribution in [0.4, 0.5) is 11.8 Å². The molecule has 0 amide bonds. The van der Waals surface area contributed by atoms with Gasteiger partial charge in [-0.1, -0.05) is 12.1 Å². The number of ether oxygens (including phenoxy) is 1. The summed E-state index contributed by atoms with van der Waals surface area (Å²) in [5.41, 5.74) is 3.28. The first kappa shape index (κ1) is 23.4. The standard InChI is InChI=1S/C23H32N6O4/c1-4-33-10-9-24-23-25-13(2)18(22-27-15-7-5-6-8-17(15)29(22)3)21(28-23)26-16-11-14(12-30)19(31)20(16)32/h5-8,14,16,19-20,30-32H,4,9-12H2,1-3H3,(H2,24,25,26,28)/t14?,16-,19-,20+/m1/s1. The zero-order valence-electron chi connectivity index (χ0n) is 19.2. The van der Waals surface area contributed by atoms with Crippen LogP contribution in [-0.2, 0) is 11.8 Å². The van der Waals surface area contributed by atoms with E-state index in [0.717, 1.165) is 22.3 Å². The van der Waals surface area contributed by atoms with E-state index >= 15 is 0 Å². The first-order chi connectivity index (χ1) is 15.9. The van der Waals surface area contributed by atoms with Gasteiger partial charge >= 0.3 is 0 Å². The van der Waals surface area contributed by atoms with Crippen LogP contribution in [0.5, 0.6) is 0 Å². The Labute approximate surface area is 192 Å². The van der Waals surface area contributed by atoms with Crippen LogP contribution in [0.1, 0.15) is 19.0 Å². The molecule has 10 heteroatoms. The van der Waals surface area contributed by atoms with E-state index in [1.165, 1.54) is 0 Å². The van der Waals surface area contributed by atoms with Crippen molar-refractivity contribution in [2.45, 2.75) is 38.5 Å². The Morgan fingerprint density at radius 1 is 1.15 bits per heavy atom. The third kappa shape index (κ3) is 4.65. The summed E-state index contributed by atoms with van der Waals surface area (Å²) in [6.07, 6.45) is -1.62. The molecule has 1 aliphatic rings. The average Bonchev–Trinajstić information content (AvgIpc) is 3.28. The lowest BCUT2D eigenvalue weighted by atomic mass is 10.1. The zero-order chi connectivity index (χ0) is 23.5. The minimum atomic E-state index is -1.03. The number of nitrogens with one attached hydrogen (secondary N) is 2. The number of aromatic nitrogens is 4. The Balaban J connectivity index is 1.74. The van der Waals surface area contributed by atoms with Gasteiger partial charge in [0, 0.05) is 32.7 Å². The van der Waals surface area contributed by atoms with E-state index in [1.54, 1.807) is 0 Å². The Hall–Kier alpha value is -2.79. The normalized spacial score (nSPS) is 22.7. The van der Waals surface area contributed by atoms with Crippen LogP contribution in [0.3, 0.4) is 0 Å². The minimum Gasteiger partial charge on any atom is -0.396 e. The Bertz CT molecular complexity index is 1100. The van der Waals surface area contributed by atoms with E-state index in [1.807, 2.05) is 49.7 Å². The maximum atomic E-state index is 10.6. The summed E-state index contributed by atoms with van der Waals surface area (Å²) in [6.45, 7) is 5.35. The molecule has 1 saturated carbocycles. The number of benzene rings is 1. The molecule has 1 aliphatic carbocycles. The summed E-state index contributed by atoms with van der Waals surface area (Å²) in [7, 11) is 1.94. The zero-order valence-corrected chi connectivity index (χ0v) is 19.2. The lowest BCUT2D eigenvalue weighted by molar-refractivity contribution is 0.00446. The molecule has 0 saturated heterocycles. The van der Waals surface area contributed by atoms with Gasteiger partial charge in [0.25, 0.3) is 0 Å². The molecule has 4 atom stereocenters. The molecule has 0 bridgehead atoms. The van der Waals surface area contributed by atoms with Gasteiger partial charge in [-0.2, -0.15) is 4.98 Å². The number of aliphatic hydroxyl groups excluding tert-OH is 3. The lowest BCUT2D eigenvalue weighted by Gasteiger charge is -2.21. The van der Waals surface area contributed by atoms with Crippen LogP contribution < -0.4 is 10.6 Å². The summed E-state index contributed by atoms with van der Waals surface area (Å²) in [4.78, 5) is 14.1. The molecule has 5 N–H and O–H groups in total. The molecule has 0 spiro atoms. The fourth-order valence-corrected chi connectivity index (χ4v) is 4.40. The third-order valence-electron chi connectivity index (χ3n) is 6.19. The van der Waals surface area contributed by atoms with Gasteiger partial charge in [-0.3, -0.25) is 0 Å². The number of aryl methyl sites for hydroxylation is 2. The fraction of sp³-hybridized carbons (Fsp3) is 0.522. The van der Waals surface area contributed by atoms with Crippen molar-refractivity contribution in [2.24, 2.45) is 13.0 Å². The van der Waals surface area contributed by atoms with Crippen molar-refractivity contribution in [3.05, 3.63) is 30.0 Å². The molecule has 10 nitrogen and oxygen atoms in total. The third-order valence-corrected chi connectivity index (χ3v) is 6.19. The predicted octanol–water partition coefficient (Wildman–Crippen LogP) is 1.30. The molecule has 1 aromatic carbocycles. The first-order valence-electron chi connectivity index (χ1n) is 11.3.